The van der Waals surface area contributed by atoms with Gasteiger partial charge in [0.2, 0.25) is 11.8 Å². The van der Waals surface area contributed by atoms with Gasteiger partial charge in [0, 0.05) is 26.1 Å². The molecule has 0 bridgehead atoms. The topological polar surface area (TPSA) is 75.4 Å². The summed E-state index contributed by atoms with van der Waals surface area (Å²) in [6.45, 7) is 4.90. The molecule has 0 aliphatic carbocycles. The second kappa shape index (κ2) is 12.7. The molecule has 0 spiro atoms. The predicted octanol–water partition coefficient (Wildman–Crippen LogP) is 2.08. The largest absolute Gasteiger partial charge is 0.356 e. The van der Waals surface area contributed by atoms with Crippen LogP contribution in [0.25, 0.3) is 0 Å². The molecule has 1 atom stereocenters. The van der Waals surface area contributed by atoms with E-state index in [0.29, 0.717) is 13.0 Å². The number of likely N-dealkylation sites (tertiary alicyclic amines) is 1. The minimum atomic E-state index is -0.0218. The fourth-order valence-corrected chi connectivity index (χ4v) is 2.74. The number of nitrogens with two attached hydrogens (primary N) is 1. The molecule has 0 saturated carbocycles. The van der Waals surface area contributed by atoms with E-state index in [2.05, 4.69) is 5.32 Å². The zero-order chi connectivity index (χ0) is 15.5. The standard InChI is InChI=1S/C16H31N3O2.ClH/c1-2-11-18-16(21)14-8-7-12-19(13-14)15(20)9-5-3-4-6-10-17;/h14H,2-13,17H2,1H3,(H,18,21);1H. The molecule has 1 aliphatic rings. The Morgan fingerprint density at radius 1 is 1.23 bits per heavy atom. The predicted molar refractivity (Wildman–Crippen MR) is 92.0 cm³/mol. The number of nitrogens with zero attached hydrogens (tertiary/aromatic N) is 1. The molecule has 1 unspecified atom stereocenters. The average molecular weight is 334 g/mol. The fourth-order valence-electron chi connectivity index (χ4n) is 2.74. The van der Waals surface area contributed by atoms with Crippen molar-refractivity contribution in [1.29, 1.82) is 0 Å². The van der Waals surface area contributed by atoms with E-state index >= 15 is 0 Å². The van der Waals surface area contributed by atoms with E-state index in [1.54, 1.807) is 0 Å². The molecular formula is C16H32ClN3O2. The van der Waals surface area contributed by atoms with Crippen molar-refractivity contribution in [3.05, 3.63) is 0 Å². The van der Waals surface area contributed by atoms with E-state index in [4.69, 9.17) is 5.73 Å². The van der Waals surface area contributed by atoms with Gasteiger partial charge in [-0.25, -0.2) is 0 Å². The van der Waals surface area contributed by atoms with Gasteiger partial charge in [-0.05, 0) is 38.6 Å². The summed E-state index contributed by atoms with van der Waals surface area (Å²) in [5.41, 5.74) is 5.45. The van der Waals surface area contributed by atoms with E-state index in [1.165, 1.54) is 0 Å². The third kappa shape index (κ3) is 7.99. The van der Waals surface area contributed by atoms with Gasteiger partial charge in [0.25, 0.3) is 0 Å². The fraction of sp³-hybridized carbons (Fsp3) is 0.875. The van der Waals surface area contributed by atoms with Crippen molar-refractivity contribution >= 4 is 24.2 Å². The molecule has 1 heterocycles. The van der Waals surface area contributed by atoms with Gasteiger partial charge in [0.05, 0.1) is 5.92 Å². The number of piperidine rings is 1. The highest BCUT2D eigenvalue weighted by Crippen LogP contribution is 2.18. The number of hydrogen-bond donors (Lipinski definition) is 2. The number of halogens is 1. The summed E-state index contributed by atoms with van der Waals surface area (Å²) in [6.07, 6.45) is 7.53. The maximum Gasteiger partial charge on any atom is 0.224 e. The van der Waals surface area contributed by atoms with Crippen molar-refractivity contribution in [1.82, 2.24) is 10.2 Å². The Morgan fingerprint density at radius 2 is 1.95 bits per heavy atom. The third-order valence-electron chi connectivity index (χ3n) is 4.04. The molecule has 0 aromatic rings. The smallest absolute Gasteiger partial charge is 0.224 e. The molecule has 1 rings (SSSR count). The van der Waals surface area contributed by atoms with E-state index in [-0.39, 0.29) is 30.1 Å². The van der Waals surface area contributed by atoms with E-state index in [0.717, 1.165) is 64.6 Å². The molecule has 1 aliphatic heterocycles. The summed E-state index contributed by atoms with van der Waals surface area (Å²) >= 11 is 0. The van der Waals surface area contributed by atoms with Crippen molar-refractivity contribution in [2.24, 2.45) is 11.7 Å². The lowest BCUT2D eigenvalue weighted by atomic mass is 9.96. The first-order valence-electron chi connectivity index (χ1n) is 8.44. The first-order valence-corrected chi connectivity index (χ1v) is 8.44. The second-order valence-corrected chi connectivity index (χ2v) is 5.92. The lowest BCUT2D eigenvalue weighted by Crippen LogP contribution is -2.45. The monoisotopic (exact) mass is 333 g/mol. The van der Waals surface area contributed by atoms with Crippen molar-refractivity contribution < 1.29 is 9.59 Å². The summed E-state index contributed by atoms with van der Waals surface area (Å²) < 4.78 is 0. The number of carbonyl (C=O) groups is 2. The average Bonchev–Trinajstić information content (AvgIpc) is 2.52. The molecule has 2 amide bonds. The van der Waals surface area contributed by atoms with Gasteiger partial charge in [0.15, 0.2) is 0 Å². The highest BCUT2D eigenvalue weighted by atomic mass is 35.5. The quantitative estimate of drug-likeness (QED) is 0.634. The van der Waals surface area contributed by atoms with Crippen LogP contribution in [-0.4, -0.2) is 42.9 Å². The van der Waals surface area contributed by atoms with Gasteiger partial charge in [0.1, 0.15) is 0 Å². The van der Waals surface area contributed by atoms with Crippen LogP contribution in [0.5, 0.6) is 0 Å². The van der Waals surface area contributed by atoms with E-state index in [9.17, 15) is 9.59 Å². The van der Waals surface area contributed by atoms with Crippen LogP contribution in [-0.2, 0) is 9.59 Å². The Hall–Kier alpha value is -0.810. The third-order valence-corrected chi connectivity index (χ3v) is 4.04. The molecule has 5 nitrogen and oxygen atoms in total. The summed E-state index contributed by atoms with van der Waals surface area (Å²) in [4.78, 5) is 26.1. The number of carbonyl (C=O) groups excluding carboxylic acids is 2. The Kier molecular flexibility index (Phi) is 12.2. The van der Waals surface area contributed by atoms with Gasteiger partial charge < -0.3 is 16.0 Å². The molecular weight excluding hydrogens is 302 g/mol. The van der Waals surface area contributed by atoms with Crippen molar-refractivity contribution in [2.45, 2.75) is 58.3 Å². The lowest BCUT2D eigenvalue weighted by Gasteiger charge is -2.32. The highest BCUT2D eigenvalue weighted by molar-refractivity contribution is 5.85. The van der Waals surface area contributed by atoms with Gasteiger partial charge in [-0.1, -0.05) is 19.8 Å². The van der Waals surface area contributed by atoms with Crippen LogP contribution in [0.15, 0.2) is 0 Å². The number of unbranched alkanes of at least 4 members (excludes halogenated alkanes) is 3. The molecule has 0 aromatic heterocycles. The van der Waals surface area contributed by atoms with Gasteiger partial charge in [-0.15, -0.1) is 12.4 Å². The van der Waals surface area contributed by atoms with Crippen LogP contribution in [0.1, 0.15) is 58.3 Å². The number of rotatable bonds is 9. The molecule has 0 radical (unpaired) electrons. The van der Waals surface area contributed by atoms with Crippen LogP contribution in [0.2, 0.25) is 0 Å². The van der Waals surface area contributed by atoms with Crippen molar-refractivity contribution in [3.8, 4) is 0 Å². The Labute approximate surface area is 140 Å². The van der Waals surface area contributed by atoms with E-state index < -0.39 is 0 Å². The van der Waals surface area contributed by atoms with Crippen molar-refractivity contribution in [3.63, 3.8) is 0 Å². The maximum atomic E-state index is 12.2. The number of amides is 2. The van der Waals surface area contributed by atoms with Crippen LogP contribution in [0.3, 0.4) is 0 Å². The van der Waals surface area contributed by atoms with Gasteiger partial charge in [-0.2, -0.15) is 0 Å². The lowest BCUT2D eigenvalue weighted by molar-refractivity contribution is -0.135. The molecule has 6 heteroatoms. The summed E-state index contributed by atoms with van der Waals surface area (Å²) in [5.74, 6) is 0.291. The summed E-state index contributed by atoms with van der Waals surface area (Å²) in [7, 11) is 0. The molecule has 0 aromatic carbocycles. The highest BCUT2D eigenvalue weighted by Gasteiger charge is 2.27. The van der Waals surface area contributed by atoms with Crippen molar-refractivity contribution in [2.75, 3.05) is 26.2 Å². The maximum absolute atomic E-state index is 12.2. The molecule has 3 N–H and O–H groups in total. The molecule has 1 saturated heterocycles. The SMILES string of the molecule is CCCNC(=O)C1CCCN(C(=O)CCCCCCN)C1.Cl. The Balaban J connectivity index is 0.00000441. The van der Waals surface area contributed by atoms with Crippen LogP contribution >= 0.6 is 12.4 Å². The van der Waals surface area contributed by atoms with Gasteiger partial charge in [-0.3, -0.25) is 9.59 Å². The molecule has 1 fully saturated rings. The molecule has 130 valence electrons. The van der Waals surface area contributed by atoms with Gasteiger partial charge >= 0.3 is 0 Å². The molecule has 22 heavy (non-hydrogen) atoms. The zero-order valence-corrected chi connectivity index (χ0v) is 14.6. The van der Waals surface area contributed by atoms with Crippen LogP contribution in [0.4, 0.5) is 0 Å². The first kappa shape index (κ1) is 21.2. The minimum Gasteiger partial charge on any atom is -0.356 e. The van der Waals surface area contributed by atoms with E-state index in [1.807, 2.05) is 11.8 Å². The minimum absolute atomic E-state index is 0. The number of hydrogen-bond acceptors (Lipinski definition) is 3. The Morgan fingerprint density at radius 3 is 2.64 bits per heavy atom. The van der Waals surface area contributed by atoms with Crippen LogP contribution < -0.4 is 11.1 Å². The zero-order valence-electron chi connectivity index (χ0n) is 13.8. The Bertz CT molecular complexity index is 327. The summed E-state index contributed by atoms with van der Waals surface area (Å²) in [6, 6.07) is 0. The number of nitrogens with one attached hydrogen (secondary N) is 1. The normalized spacial score (nSPS) is 17.7. The first-order chi connectivity index (χ1) is 10.2. The second-order valence-electron chi connectivity index (χ2n) is 5.92. The summed E-state index contributed by atoms with van der Waals surface area (Å²) in [5, 5.41) is 2.94. The van der Waals surface area contributed by atoms with Crippen LogP contribution in [0, 0.1) is 5.92 Å².